The van der Waals surface area contributed by atoms with Crippen LogP contribution in [0.4, 0.5) is 0 Å². The van der Waals surface area contributed by atoms with Crippen molar-refractivity contribution in [3.8, 4) is 0 Å². The van der Waals surface area contributed by atoms with Gasteiger partial charge in [0.2, 0.25) is 0 Å². The Morgan fingerprint density at radius 1 is 0.571 bits per heavy atom. The standard InChI is InChI=1S/C15H18O6/c16-12-8-2-1-3-9-7-11(15(19)21-13(9)17)5-4-10(6-8)14(18)20-12/h8-11H,1-7H2. The van der Waals surface area contributed by atoms with Crippen LogP contribution in [0.25, 0.3) is 0 Å². The van der Waals surface area contributed by atoms with Gasteiger partial charge in [-0.1, -0.05) is 6.42 Å². The lowest BCUT2D eigenvalue weighted by Gasteiger charge is -2.27. The molecule has 0 N–H and O–H groups in total. The molecular weight excluding hydrogens is 276 g/mol. The highest BCUT2D eigenvalue weighted by atomic mass is 16.6. The average Bonchev–Trinajstić information content (AvgIpc) is 2.46. The zero-order valence-corrected chi connectivity index (χ0v) is 11.7. The Kier molecular flexibility index (Phi) is 3.78. The first-order chi connectivity index (χ1) is 10.0. The van der Waals surface area contributed by atoms with Gasteiger partial charge in [0.15, 0.2) is 0 Å². The third-order valence-corrected chi connectivity index (χ3v) is 4.84. The lowest BCUT2D eigenvalue weighted by Crippen LogP contribution is -2.36. The van der Waals surface area contributed by atoms with E-state index in [9.17, 15) is 19.2 Å². The van der Waals surface area contributed by atoms with E-state index in [1.165, 1.54) is 0 Å². The average molecular weight is 294 g/mol. The summed E-state index contributed by atoms with van der Waals surface area (Å²) in [4.78, 5) is 47.0. The van der Waals surface area contributed by atoms with E-state index in [0.717, 1.165) is 0 Å². The van der Waals surface area contributed by atoms with Crippen molar-refractivity contribution in [1.29, 1.82) is 0 Å². The number of hydrogen-bond acceptors (Lipinski definition) is 6. The predicted octanol–water partition coefficient (Wildman–Crippen LogP) is 1.36. The normalized spacial score (nSPS) is 37.3. The van der Waals surface area contributed by atoms with Gasteiger partial charge in [0.25, 0.3) is 0 Å². The molecule has 6 nitrogen and oxygen atoms in total. The molecule has 6 heteroatoms. The molecule has 0 aromatic heterocycles. The number of ether oxygens (including phenoxy) is 2. The Bertz CT molecular complexity index is 452. The summed E-state index contributed by atoms with van der Waals surface area (Å²) >= 11 is 0. The molecule has 3 rings (SSSR count). The van der Waals surface area contributed by atoms with Gasteiger partial charge in [-0.15, -0.1) is 0 Å². The van der Waals surface area contributed by atoms with E-state index in [1.807, 2.05) is 0 Å². The van der Waals surface area contributed by atoms with Crippen molar-refractivity contribution in [2.45, 2.75) is 44.9 Å². The van der Waals surface area contributed by atoms with E-state index in [-0.39, 0.29) is 23.7 Å². The number of carbonyl (C=O) groups excluding carboxylic acids is 4. The van der Waals surface area contributed by atoms with Crippen LogP contribution in [0.3, 0.4) is 0 Å². The smallest absolute Gasteiger partial charge is 0.316 e. The van der Waals surface area contributed by atoms with Crippen LogP contribution in [0.15, 0.2) is 0 Å². The fraction of sp³-hybridized carbons (Fsp3) is 0.733. The van der Waals surface area contributed by atoms with Crippen LogP contribution in [-0.4, -0.2) is 23.9 Å². The molecule has 0 aromatic carbocycles. The Morgan fingerprint density at radius 3 is 1.29 bits per heavy atom. The summed E-state index contributed by atoms with van der Waals surface area (Å²) in [6, 6.07) is 0. The molecule has 0 radical (unpaired) electrons. The molecule has 0 spiro atoms. The summed E-state index contributed by atoms with van der Waals surface area (Å²) in [6.07, 6.45) is 3.93. The second-order valence-electron chi connectivity index (χ2n) is 6.25. The number of cyclic esters (lactones) is 4. The summed E-state index contributed by atoms with van der Waals surface area (Å²) in [6.45, 7) is 0. The van der Waals surface area contributed by atoms with Gasteiger partial charge in [0, 0.05) is 0 Å². The van der Waals surface area contributed by atoms with Crippen LogP contribution in [0.1, 0.15) is 44.9 Å². The molecule has 2 heterocycles. The number of carbonyl (C=O) groups is 4. The van der Waals surface area contributed by atoms with Crippen LogP contribution in [0.2, 0.25) is 0 Å². The van der Waals surface area contributed by atoms with Crippen LogP contribution in [0, 0.1) is 23.7 Å². The van der Waals surface area contributed by atoms with Crippen molar-refractivity contribution in [3.05, 3.63) is 0 Å². The Balaban J connectivity index is 1.78. The molecule has 4 bridgehead atoms. The lowest BCUT2D eigenvalue weighted by atomic mass is 9.84. The van der Waals surface area contributed by atoms with Gasteiger partial charge in [-0.25, -0.2) is 0 Å². The van der Waals surface area contributed by atoms with Gasteiger partial charge in [-0.2, -0.15) is 0 Å². The molecule has 3 fully saturated rings. The van der Waals surface area contributed by atoms with Gasteiger partial charge >= 0.3 is 23.9 Å². The number of rotatable bonds is 0. The summed E-state index contributed by atoms with van der Waals surface area (Å²) in [5, 5.41) is 0. The van der Waals surface area contributed by atoms with E-state index in [4.69, 9.17) is 9.47 Å². The zero-order chi connectivity index (χ0) is 15.0. The van der Waals surface area contributed by atoms with Gasteiger partial charge in [-0.3, -0.25) is 19.2 Å². The van der Waals surface area contributed by atoms with Crippen LogP contribution < -0.4 is 0 Å². The van der Waals surface area contributed by atoms with E-state index >= 15 is 0 Å². The number of fused-ring (bicyclic) bond motifs is 4. The fourth-order valence-corrected chi connectivity index (χ4v) is 3.56. The third kappa shape index (κ3) is 2.84. The third-order valence-electron chi connectivity index (χ3n) is 4.84. The van der Waals surface area contributed by atoms with Crippen LogP contribution in [-0.2, 0) is 28.7 Å². The maximum absolute atomic E-state index is 11.8. The molecule has 21 heavy (non-hydrogen) atoms. The molecule has 3 aliphatic rings. The molecule has 4 atom stereocenters. The molecule has 4 unspecified atom stereocenters. The van der Waals surface area contributed by atoms with Crippen molar-refractivity contribution >= 4 is 23.9 Å². The molecule has 1 saturated carbocycles. The molecule has 0 aromatic rings. The fourth-order valence-electron chi connectivity index (χ4n) is 3.56. The van der Waals surface area contributed by atoms with Crippen molar-refractivity contribution in [1.82, 2.24) is 0 Å². The highest BCUT2D eigenvalue weighted by Crippen LogP contribution is 2.36. The van der Waals surface area contributed by atoms with E-state index < -0.39 is 23.9 Å². The van der Waals surface area contributed by atoms with Gasteiger partial charge in [-0.05, 0) is 38.5 Å². The Labute approximate surface area is 122 Å². The largest absolute Gasteiger partial charge is 0.393 e. The van der Waals surface area contributed by atoms with Gasteiger partial charge in [0.05, 0.1) is 23.7 Å². The highest BCUT2D eigenvalue weighted by Gasteiger charge is 2.41. The first-order valence-electron chi connectivity index (χ1n) is 7.55. The second kappa shape index (κ2) is 5.58. The van der Waals surface area contributed by atoms with E-state index in [2.05, 4.69) is 0 Å². The van der Waals surface area contributed by atoms with Crippen molar-refractivity contribution in [3.63, 3.8) is 0 Å². The minimum atomic E-state index is -0.479. The highest BCUT2D eigenvalue weighted by molar-refractivity contribution is 5.92. The summed E-state index contributed by atoms with van der Waals surface area (Å²) in [5.74, 6) is -3.03. The van der Waals surface area contributed by atoms with Crippen LogP contribution >= 0.6 is 0 Å². The van der Waals surface area contributed by atoms with Crippen molar-refractivity contribution in [2.75, 3.05) is 0 Å². The Morgan fingerprint density at radius 2 is 0.905 bits per heavy atom. The van der Waals surface area contributed by atoms with E-state index in [0.29, 0.717) is 44.9 Å². The quantitative estimate of drug-likeness (QED) is 0.495. The Hall–Kier alpha value is -1.72. The minimum absolute atomic E-state index is 0.266. The summed E-state index contributed by atoms with van der Waals surface area (Å²) < 4.78 is 9.65. The SMILES string of the molecule is O=C1OC(=O)C2CCC3CC(CCCC1C2)C(=O)OC3=O. The van der Waals surface area contributed by atoms with Gasteiger partial charge < -0.3 is 9.47 Å². The second-order valence-corrected chi connectivity index (χ2v) is 6.25. The molecule has 0 amide bonds. The lowest BCUT2D eigenvalue weighted by molar-refractivity contribution is -0.175. The minimum Gasteiger partial charge on any atom is -0.393 e. The van der Waals surface area contributed by atoms with Gasteiger partial charge in [0.1, 0.15) is 0 Å². The molecule has 114 valence electrons. The summed E-state index contributed by atoms with van der Waals surface area (Å²) in [7, 11) is 0. The first-order valence-corrected chi connectivity index (χ1v) is 7.55. The number of hydrogen-bond donors (Lipinski definition) is 0. The predicted molar refractivity (Wildman–Crippen MR) is 68.5 cm³/mol. The summed E-state index contributed by atoms with van der Waals surface area (Å²) in [5.41, 5.74) is 0. The maximum Gasteiger partial charge on any atom is 0.316 e. The topological polar surface area (TPSA) is 86.7 Å². The van der Waals surface area contributed by atoms with E-state index in [1.54, 1.807) is 0 Å². The van der Waals surface area contributed by atoms with Crippen molar-refractivity contribution < 1.29 is 28.7 Å². The number of esters is 4. The molecule has 2 saturated heterocycles. The zero-order valence-electron chi connectivity index (χ0n) is 11.7. The molecule has 2 aliphatic heterocycles. The van der Waals surface area contributed by atoms with Crippen molar-refractivity contribution in [2.24, 2.45) is 23.7 Å². The molecular formula is C15H18O6. The molecule has 1 aliphatic carbocycles. The maximum atomic E-state index is 11.8. The monoisotopic (exact) mass is 294 g/mol. The van der Waals surface area contributed by atoms with Crippen LogP contribution in [0.5, 0.6) is 0 Å². The first kappa shape index (κ1) is 14.2.